The van der Waals surface area contributed by atoms with Crippen LogP contribution in [-0.2, 0) is 4.79 Å². The van der Waals surface area contributed by atoms with Gasteiger partial charge < -0.3 is 4.42 Å². The van der Waals surface area contributed by atoms with Crippen molar-refractivity contribution in [2.75, 3.05) is 0 Å². The van der Waals surface area contributed by atoms with Crippen LogP contribution in [0.25, 0.3) is 17.0 Å². The molecular weight excluding hydrogens is 302 g/mol. The van der Waals surface area contributed by atoms with E-state index in [0.717, 1.165) is 17.3 Å². The van der Waals surface area contributed by atoms with Crippen molar-refractivity contribution in [3.8, 4) is 0 Å². The minimum Gasteiger partial charge on any atom is -0.463 e. The molecule has 3 rings (SSSR count). The van der Waals surface area contributed by atoms with Crippen LogP contribution in [0.15, 0.2) is 38.6 Å². The fourth-order valence-corrected chi connectivity index (χ4v) is 2.86. The summed E-state index contributed by atoms with van der Waals surface area (Å²) in [4.78, 5) is 35.5. The van der Waals surface area contributed by atoms with Crippen LogP contribution in [0.5, 0.6) is 0 Å². The summed E-state index contributed by atoms with van der Waals surface area (Å²) >= 11 is 0.772. The fourth-order valence-electron chi connectivity index (χ4n) is 2.18. The number of hydrogen-bond acceptors (Lipinski definition) is 5. The molecule has 0 radical (unpaired) electrons. The van der Waals surface area contributed by atoms with Gasteiger partial charge in [0.05, 0.1) is 15.9 Å². The molecule has 0 spiro atoms. The largest absolute Gasteiger partial charge is 0.463 e. The average molecular weight is 315 g/mol. The highest BCUT2D eigenvalue weighted by Gasteiger charge is 2.25. The van der Waals surface area contributed by atoms with Crippen molar-refractivity contribution in [2.24, 2.45) is 0 Å². The molecule has 0 saturated carbocycles. The Kier molecular flexibility index (Phi) is 3.62. The number of carbonyl (C=O) groups excluding carboxylic acids is 2. The predicted molar refractivity (Wildman–Crippen MR) is 85.7 cm³/mol. The van der Waals surface area contributed by atoms with E-state index in [0.29, 0.717) is 16.9 Å². The van der Waals surface area contributed by atoms with Crippen LogP contribution in [0, 0.1) is 0 Å². The Morgan fingerprint density at radius 2 is 2.00 bits per heavy atom. The van der Waals surface area contributed by atoms with Gasteiger partial charge in [-0.1, -0.05) is 19.9 Å². The number of amides is 2. The van der Waals surface area contributed by atoms with Gasteiger partial charge >= 0.3 is 0 Å². The molecule has 0 bridgehead atoms. The van der Waals surface area contributed by atoms with Crippen LogP contribution < -0.4 is 10.7 Å². The van der Waals surface area contributed by atoms with E-state index < -0.39 is 11.1 Å². The molecule has 1 N–H and O–H groups in total. The molecule has 112 valence electrons. The molecule has 0 aliphatic carbocycles. The highest BCUT2D eigenvalue weighted by Crippen LogP contribution is 2.26. The smallest absolute Gasteiger partial charge is 0.290 e. The summed E-state index contributed by atoms with van der Waals surface area (Å²) in [6.45, 7) is 4.08. The topological polar surface area (TPSA) is 76.4 Å². The van der Waals surface area contributed by atoms with Gasteiger partial charge in [0, 0.05) is 0 Å². The first-order valence-electron chi connectivity index (χ1n) is 6.76. The number of carbonyl (C=O) groups is 2. The van der Waals surface area contributed by atoms with Crippen molar-refractivity contribution < 1.29 is 14.0 Å². The highest BCUT2D eigenvalue weighted by atomic mass is 32.2. The van der Waals surface area contributed by atoms with Crippen molar-refractivity contribution in [3.63, 3.8) is 0 Å². The summed E-state index contributed by atoms with van der Waals surface area (Å²) in [6.07, 6.45) is 2.70. The molecule has 0 atom stereocenters. The zero-order chi connectivity index (χ0) is 15.9. The molecule has 1 fully saturated rings. The second-order valence-corrected chi connectivity index (χ2v) is 6.30. The Morgan fingerprint density at radius 1 is 1.23 bits per heavy atom. The van der Waals surface area contributed by atoms with Gasteiger partial charge in [-0.3, -0.25) is 19.7 Å². The minimum absolute atomic E-state index is 0.191. The molecule has 6 heteroatoms. The van der Waals surface area contributed by atoms with E-state index in [2.05, 4.69) is 5.32 Å². The maximum Gasteiger partial charge on any atom is 0.290 e. The normalized spacial score (nSPS) is 16.8. The van der Waals surface area contributed by atoms with Gasteiger partial charge in [-0.2, -0.15) is 0 Å². The first kappa shape index (κ1) is 14.6. The van der Waals surface area contributed by atoms with Crippen molar-refractivity contribution in [1.82, 2.24) is 5.32 Å². The Bertz CT molecular complexity index is 879. The lowest BCUT2D eigenvalue weighted by Crippen LogP contribution is -2.18. The zero-order valence-electron chi connectivity index (χ0n) is 12.0. The lowest BCUT2D eigenvalue weighted by molar-refractivity contribution is -0.115. The van der Waals surface area contributed by atoms with E-state index in [9.17, 15) is 14.4 Å². The van der Waals surface area contributed by atoms with Crippen LogP contribution in [0.2, 0.25) is 0 Å². The summed E-state index contributed by atoms with van der Waals surface area (Å²) in [6, 6.07) is 5.50. The number of rotatable bonds is 2. The third kappa shape index (κ3) is 2.57. The predicted octanol–water partition coefficient (Wildman–Crippen LogP) is 3.24. The Balaban J connectivity index is 2.14. The number of imide groups is 1. The average Bonchev–Trinajstić information content (AvgIpc) is 2.79. The third-order valence-electron chi connectivity index (χ3n) is 3.42. The second-order valence-electron chi connectivity index (χ2n) is 5.28. The SMILES string of the molecule is CC(C)c1ccc2occ(/C=C3/SC(=O)NC3=O)c(=O)c2c1. The summed E-state index contributed by atoms with van der Waals surface area (Å²) < 4.78 is 5.46. The van der Waals surface area contributed by atoms with Crippen molar-refractivity contribution in [2.45, 2.75) is 19.8 Å². The van der Waals surface area contributed by atoms with E-state index in [-0.39, 0.29) is 15.9 Å². The van der Waals surface area contributed by atoms with Gasteiger partial charge in [0.1, 0.15) is 11.8 Å². The monoisotopic (exact) mass is 315 g/mol. The van der Waals surface area contributed by atoms with Crippen LogP contribution >= 0.6 is 11.8 Å². The van der Waals surface area contributed by atoms with E-state index in [1.54, 1.807) is 12.1 Å². The standard InChI is InChI=1S/C16H13NO4S/c1-8(2)9-3-4-12-11(5-9)14(18)10(7-21-12)6-13-15(19)17-16(20)22-13/h3-8H,1-2H3,(H,17,19,20)/b13-6+. The maximum absolute atomic E-state index is 12.5. The van der Waals surface area contributed by atoms with Gasteiger partial charge in [0.2, 0.25) is 0 Å². The molecule has 2 amide bonds. The quantitative estimate of drug-likeness (QED) is 0.861. The Morgan fingerprint density at radius 3 is 2.64 bits per heavy atom. The van der Waals surface area contributed by atoms with Gasteiger partial charge in [-0.15, -0.1) is 0 Å². The van der Waals surface area contributed by atoms with E-state index in [1.165, 1.54) is 12.3 Å². The molecule has 1 aromatic carbocycles. The molecule has 1 aliphatic heterocycles. The summed E-state index contributed by atoms with van der Waals surface area (Å²) in [5.74, 6) is -0.204. The van der Waals surface area contributed by atoms with Crippen molar-refractivity contribution in [3.05, 3.63) is 50.7 Å². The molecule has 1 saturated heterocycles. The van der Waals surface area contributed by atoms with Crippen LogP contribution in [0.3, 0.4) is 0 Å². The van der Waals surface area contributed by atoms with Gasteiger partial charge in [-0.25, -0.2) is 0 Å². The molecule has 5 nitrogen and oxygen atoms in total. The summed E-state index contributed by atoms with van der Waals surface area (Å²) in [7, 11) is 0. The molecular formula is C16H13NO4S. The second kappa shape index (κ2) is 5.46. The van der Waals surface area contributed by atoms with Gasteiger partial charge in [0.15, 0.2) is 5.43 Å². The zero-order valence-corrected chi connectivity index (χ0v) is 12.8. The Labute approximate surface area is 130 Å². The third-order valence-corrected chi connectivity index (χ3v) is 4.23. The summed E-state index contributed by atoms with van der Waals surface area (Å²) in [5.41, 5.74) is 1.56. The first-order chi connectivity index (χ1) is 10.5. The molecule has 22 heavy (non-hydrogen) atoms. The van der Waals surface area contributed by atoms with Crippen LogP contribution in [-0.4, -0.2) is 11.1 Å². The van der Waals surface area contributed by atoms with Crippen LogP contribution in [0.1, 0.15) is 30.9 Å². The molecule has 2 aromatic rings. The number of benzene rings is 1. The molecule has 1 aromatic heterocycles. The summed E-state index contributed by atoms with van der Waals surface area (Å²) in [5, 5.41) is 2.18. The number of hydrogen-bond donors (Lipinski definition) is 1. The molecule has 1 aliphatic rings. The van der Waals surface area contributed by atoms with Crippen molar-refractivity contribution >= 4 is 40.0 Å². The Hall–Kier alpha value is -2.34. The fraction of sp³-hybridized carbons (Fsp3) is 0.188. The minimum atomic E-state index is -0.495. The van der Waals surface area contributed by atoms with E-state index in [1.807, 2.05) is 19.9 Å². The van der Waals surface area contributed by atoms with Crippen molar-refractivity contribution in [1.29, 1.82) is 0 Å². The number of nitrogens with one attached hydrogen (secondary N) is 1. The highest BCUT2D eigenvalue weighted by molar-refractivity contribution is 8.18. The van der Waals surface area contributed by atoms with E-state index in [4.69, 9.17) is 4.42 Å². The number of fused-ring (bicyclic) bond motifs is 1. The molecule has 0 unspecified atom stereocenters. The van der Waals surface area contributed by atoms with Gasteiger partial charge in [-0.05, 0) is 41.5 Å². The molecule has 2 heterocycles. The number of thioether (sulfide) groups is 1. The van der Waals surface area contributed by atoms with E-state index >= 15 is 0 Å². The first-order valence-corrected chi connectivity index (χ1v) is 7.57. The lowest BCUT2D eigenvalue weighted by atomic mass is 10.0. The maximum atomic E-state index is 12.5. The van der Waals surface area contributed by atoms with Gasteiger partial charge in [0.25, 0.3) is 11.1 Å². The lowest BCUT2D eigenvalue weighted by Gasteiger charge is -2.06. The van der Waals surface area contributed by atoms with Crippen LogP contribution in [0.4, 0.5) is 4.79 Å².